The Hall–Kier alpha value is -3.14. The lowest BCUT2D eigenvalue weighted by Gasteiger charge is -2.30. The second-order valence-electron chi connectivity index (χ2n) is 15.0. The number of quaternary nitrogens is 1. The second-order valence-corrected chi connectivity index (χ2v) is 17.7. The number of allylic oxidation sites excluding steroid dienone is 3. The van der Waals surface area contributed by atoms with Crippen LogP contribution in [0.4, 0.5) is 5.69 Å². The van der Waals surface area contributed by atoms with Gasteiger partial charge in [0, 0.05) is 80.1 Å². The third kappa shape index (κ3) is 11.9. The van der Waals surface area contributed by atoms with Crippen LogP contribution >= 0.6 is 21.6 Å². The van der Waals surface area contributed by atoms with E-state index in [-0.39, 0.29) is 5.54 Å². The Labute approximate surface area is 316 Å². The largest absolute Gasteiger partial charge is 0.375 e. The van der Waals surface area contributed by atoms with E-state index in [1.54, 1.807) is 0 Å². The predicted molar refractivity (Wildman–Crippen MR) is 223 cm³/mol. The van der Waals surface area contributed by atoms with Crippen molar-refractivity contribution in [2.75, 3.05) is 84.9 Å². The first kappa shape index (κ1) is 39.1. The van der Waals surface area contributed by atoms with E-state index in [1.165, 1.54) is 47.6 Å². The smallest absolute Gasteiger partial charge is 0.205 e. The van der Waals surface area contributed by atoms with Crippen LogP contribution in [-0.4, -0.2) is 94.9 Å². The fourth-order valence-corrected chi connectivity index (χ4v) is 8.72. The van der Waals surface area contributed by atoms with Gasteiger partial charge in [-0.2, -0.15) is 9.13 Å². The topological polar surface area (TPSA) is 26.3 Å². The molecule has 0 spiro atoms. The lowest BCUT2D eigenvalue weighted by molar-refractivity contribution is -0.870. The van der Waals surface area contributed by atoms with Gasteiger partial charge in [-0.1, -0.05) is 51.9 Å². The van der Waals surface area contributed by atoms with E-state index in [0.29, 0.717) is 5.92 Å². The molecule has 6 nitrogen and oxygen atoms in total. The lowest BCUT2D eigenvalue weighted by atomic mass is 10.0. The molecule has 2 aromatic heterocycles. The number of hydrogen-bond acceptors (Lipinski definition) is 5. The molecule has 0 radical (unpaired) electrons. The maximum absolute atomic E-state index is 3.23. The number of nitrogens with zero attached hydrogens (tertiary/aromatic N) is 5. The van der Waals surface area contributed by atoms with Crippen molar-refractivity contribution in [2.45, 2.75) is 37.9 Å². The van der Waals surface area contributed by atoms with E-state index in [4.69, 9.17) is 0 Å². The monoisotopic (exact) mass is 725 g/mol. The van der Waals surface area contributed by atoms with Gasteiger partial charge in [-0.05, 0) is 81.0 Å². The molecule has 0 aliphatic heterocycles. The number of benzene rings is 1. The quantitative estimate of drug-likeness (QED) is 0.0561. The summed E-state index contributed by atoms with van der Waals surface area (Å²) in [5.41, 5.74) is 6.54. The highest BCUT2D eigenvalue weighted by Crippen LogP contribution is 2.53. The predicted octanol–water partition coefficient (Wildman–Crippen LogP) is 6.86. The molecule has 2 heterocycles. The number of fused-ring (bicyclic) bond motifs is 1. The maximum atomic E-state index is 3.23. The Balaban J connectivity index is 1.04. The summed E-state index contributed by atoms with van der Waals surface area (Å²) in [5.74, 6) is 2.77. The summed E-state index contributed by atoms with van der Waals surface area (Å²) < 4.78 is 5.77. The Morgan fingerprint density at radius 1 is 0.824 bits per heavy atom. The normalized spacial score (nSPS) is 18.5. The van der Waals surface area contributed by atoms with Gasteiger partial charge in [0.05, 0.1) is 39.2 Å². The first-order chi connectivity index (χ1) is 24.7. The Kier molecular flexibility index (Phi) is 14.6. The molecule has 2 aliphatic rings. The third-order valence-corrected chi connectivity index (χ3v) is 12.4. The van der Waals surface area contributed by atoms with Crippen molar-refractivity contribution < 1.29 is 13.6 Å². The van der Waals surface area contributed by atoms with Crippen LogP contribution in [0.15, 0.2) is 103 Å². The van der Waals surface area contributed by atoms with Crippen molar-refractivity contribution in [3.63, 3.8) is 0 Å². The highest BCUT2D eigenvalue weighted by Gasteiger charge is 2.54. The summed E-state index contributed by atoms with van der Waals surface area (Å²) in [7, 11) is 17.3. The molecule has 0 bridgehead atoms. The van der Waals surface area contributed by atoms with Gasteiger partial charge < -0.3 is 14.7 Å². The van der Waals surface area contributed by atoms with Gasteiger partial charge in [0.25, 0.3) is 0 Å². The summed E-state index contributed by atoms with van der Waals surface area (Å²) in [4.78, 5) is 4.91. The van der Waals surface area contributed by atoms with Crippen molar-refractivity contribution in [2.24, 2.45) is 5.92 Å². The van der Waals surface area contributed by atoms with Crippen molar-refractivity contribution in [3.05, 3.63) is 120 Å². The number of hydrogen-bond donors (Lipinski definition) is 1. The van der Waals surface area contributed by atoms with Crippen molar-refractivity contribution in [3.8, 4) is 0 Å². The Morgan fingerprint density at radius 3 is 2.08 bits per heavy atom. The Morgan fingerprint density at radius 2 is 1.47 bits per heavy atom. The van der Waals surface area contributed by atoms with Crippen molar-refractivity contribution >= 4 is 45.5 Å². The average molecular weight is 726 g/mol. The minimum atomic E-state index is 0.247. The summed E-state index contributed by atoms with van der Waals surface area (Å²) in [6.07, 6.45) is 24.4. The van der Waals surface area contributed by atoms with Gasteiger partial charge >= 0.3 is 0 Å². The van der Waals surface area contributed by atoms with Gasteiger partial charge in [0.1, 0.15) is 0 Å². The maximum Gasteiger partial charge on any atom is 0.205 e. The standard InChI is InChI=1S/C43H61N6S2/c1-44-25-11-26-45(2)40-19-15-37(16-20-40)17-21-41-13-7-9-28-47(41)30-33-50-51-34-31-48-29-10-8-14-42(48)22-18-38-23-24-43(36-39(43)35-38)46(3)27-12-32-49(4,5)6/h7-10,13-24,28-29,35,39,44H,11-12,25-27,30-34,36H2,1-6H3/q+3. The number of aromatic nitrogens is 2. The van der Waals surface area contributed by atoms with Crippen LogP contribution in [0.1, 0.15) is 36.2 Å². The van der Waals surface area contributed by atoms with Crippen LogP contribution in [-0.2, 0) is 13.1 Å². The highest BCUT2D eigenvalue weighted by molar-refractivity contribution is 8.76. The second kappa shape index (κ2) is 19.1. The SMILES string of the molecule is CNCCCN(C)c1ccc(C=Cc2cccc[n+]2CCSSCC[n+]2ccccc2C=CC2=CC3CC3(N(C)CCC[N+](C)(C)C)C=C2)cc1. The molecule has 3 aromatic rings. The van der Waals surface area contributed by atoms with E-state index < -0.39 is 0 Å². The molecule has 272 valence electrons. The molecule has 1 saturated carbocycles. The zero-order valence-electron chi connectivity index (χ0n) is 31.9. The number of pyridine rings is 2. The highest BCUT2D eigenvalue weighted by atomic mass is 33.1. The van der Waals surface area contributed by atoms with Crippen LogP contribution in [0.3, 0.4) is 0 Å². The first-order valence-corrected chi connectivity index (χ1v) is 21.1. The molecule has 51 heavy (non-hydrogen) atoms. The van der Waals surface area contributed by atoms with E-state index in [2.05, 4.69) is 175 Å². The minimum absolute atomic E-state index is 0.247. The molecule has 8 heteroatoms. The van der Waals surface area contributed by atoms with Crippen LogP contribution in [0.25, 0.3) is 18.2 Å². The molecule has 0 amide bonds. The van der Waals surface area contributed by atoms with Crippen LogP contribution in [0, 0.1) is 5.92 Å². The fraction of sp³-hybridized carbons (Fsp3) is 0.442. The van der Waals surface area contributed by atoms with Crippen LogP contribution in [0.5, 0.6) is 0 Å². The molecule has 2 unspecified atom stereocenters. The molecule has 2 atom stereocenters. The zero-order chi connectivity index (χ0) is 36.1. The summed E-state index contributed by atoms with van der Waals surface area (Å²) in [6, 6.07) is 21.8. The van der Waals surface area contributed by atoms with E-state index in [1.807, 2.05) is 28.6 Å². The Bertz CT molecular complexity index is 1660. The first-order valence-electron chi connectivity index (χ1n) is 18.6. The van der Waals surface area contributed by atoms with Gasteiger partial charge in [-0.25, -0.2) is 0 Å². The third-order valence-electron chi connectivity index (χ3n) is 10.0. The average Bonchev–Trinajstić information content (AvgIpc) is 3.87. The van der Waals surface area contributed by atoms with E-state index in [9.17, 15) is 0 Å². The molecule has 5 rings (SSSR count). The van der Waals surface area contributed by atoms with Gasteiger partial charge in [-0.15, -0.1) is 0 Å². The van der Waals surface area contributed by atoms with E-state index >= 15 is 0 Å². The zero-order valence-corrected chi connectivity index (χ0v) is 33.5. The molecular formula is C43H61N6S2+3. The molecule has 0 saturated heterocycles. The van der Waals surface area contributed by atoms with Gasteiger partial charge in [-0.3, -0.25) is 4.90 Å². The molecule has 1 fully saturated rings. The fourth-order valence-electron chi connectivity index (χ4n) is 6.79. The van der Waals surface area contributed by atoms with Crippen molar-refractivity contribution in [1.29, 1.82) is 0 Å². The molecule has 1 aromatic carbocycles. The number of anilines is 1. The summed E-state index contributed by atoms with van der Waals surface area (Å²) >= 11 is 0. The molecule has 1 N–H and O–H groups in total. The number of aryl methyl sites for hydroxylation is 2. The van der Waals surface area contributed by atoms with Gasteiger partial charge in [0.15, 0.2) is 25.5 Å². The minimum Gasteiger partial charge on any atom is -0.375 e. The van der Waals surface area contributed by atoms with E-state index in [0.717, 1.165) is 55.1 Å². The molecule has 2 aliphatic carbocycles. The lowest BCUT2D eigenvalue weighted by Crippen LogP contribution is -2.40. The number of likely N-dealkylation sites (N-methyl/N-ethyl adjacent to an activating group) is 1. The van der Waals surface area contributed by atoms with Crippen LogP contribution in [0.2, 0.25) is 0 Å². The summed E-state index contributed by atoms with van der Waals surface area (Å²) in [6.45, 7) is 6.44. The van der Waals surface area contributed by atoms with Gasteiger partial charge in [0.2, 0.25) is 11.4 Å². The van der Waals surface area contributed by atoms with Crippen molar-refractivity contribution in [1.82, 2.24) is 10.2 Å². The van der Waals surface area contributed by atoms with Crippen LogP contribution < -0.4 is 19.4 Å². The summed E-state index contributed by atoms with van der Waals surface area (Å²) in [5, 5.41) is 3.23. The number of rotatable bonds is 21. The number of nitrogens with one attached hydrogen (secondary N) is 1. The molecular weight excluding hydrogens is 665 g/mol.